The van der Waals surface area contributed by atoms with Crippen LogP contribution in [0.2, 0.25) is 5.02 Å². The van der Waals surface area contributed by atoms with Crippen molar-refractivity contribution in [2.75, 3.05) is 18.4 Å². The first kappa shape index (κ1) is 19.5. The molecule has 2 heterocycles. The van der Waals surface area contributed by atoms with Gasteiger partial charge in [0.1, 0.15) is 6.10 Å². The first-order chi connectivity index (χ1) is 12.9. The molecule has 1 aliphatic rings. The van der Waals surface area contributed by atoms with Crippen molar-refractivity contribution in [3.63, 3.8) is 0 Å². The lowest BCUT2D eigenvalue weighted by atomic mass is 10.0. The molecule has 0 amide bonds. The summed E-state index contributed by atoms with van der Waals surface area (Å²) in [5.41, 5.74) is 4.23. The quantitative estimate of drug-likeness (QED) is 0.680. The second kappa shape index (κ2) is 8.59. The zero-order valence-corrected chi connectivity index (χ0v) is 16.2. The lowest BCUT2D eigenvalue weighted by Crippen LogP contribution is -2.52. The highest BCUT2D eigenvalue weighted by Gasteiger charge is 2.30. The number of pyridine rings is 1. The number of halogens is 1. The summed E-state index contributed by atoms with van der Waals surface area (Å²) < 4.78 is 4.74. The molecule has 1 fully saturated rings. The van der Waals surface area contributed by atoms with Crippen molar-refractivity contribution in [1.29, 1.82) is 0 Å². The molecule has 1 saturated heterocycles. The Balaban J connectivity index is 1.61. The molecule has 27 heavy (non-hydrogen) atoms. The molecule has 0 saturated carbocycles. The average molecular weight is 390 g/mol. The summed E-state index contributed by atoms with van der Waals surface area (Å²) in [5, 5.41) is 13.0. The summed E-state index contributed by atoms with van der Waals surface area (Å²) in [6, 6.07) is 10.3. The minimum absolute atomic E-state index is 0.188. The maximum Gasteiger partial charge on any atom is 0.506 e. The molecular weight excluding hydrogens is 366 g/mol. The number of ether oxygens (including phenoxy) is 1. The van der Waals surface area contributed by atoms with E-state index in [1.54, 1.807) is 6.20 Å². The maximum atomic E-state index is 10.5. The zero-order chi connectivity index (χ0) is 19.4. The number of nitrogens with one attached hydrogen (secondary N) is 1. The van der Waals surface area contributed by atoms with Gasteiger partial charge in [0.2, 0.25) is 0 Å². The molecule has 3 rings (SSSR count). The van der Waals surface area contributed by atoms with Crippen LogP contribution in [0.15, 0.2) is 36.5 Å². The summed E-state index contributed by atoms with van der Waals surface area (Å²) in [6.07, 6.45) is 1.29. The number of nitrogens with zero attached hydrogens (tertiary/aromatic N) is 2. The summed E-state index contributed by atoms with van der Waals surface area (Å²) in [5.74, 6) is 0. The van der Waals surface area contributed by atoms with Gasteiger partial charge in [-0.1, -0.05) is 30.7 Å². The molecule has 0 bridgehead atoms. The van der Waals surface area contributed by atoms with Gasteiger partial charge >= 0.3 is 6.16 Å². The minimum Gasteiger partial charge on any atom is -0.450 e. The molecule has 7 heteroatoms. The van der Waals surface area contributed by atoms with E-state index in [2.05, 4.69) is 34.3 Å². The number of aryl methyl sites for hydroxylation is 1. The molecule has 6 nitrogen and oxygen atoms in total. The van der Waals surface area contributed by atoms with Gasteiger partial charge in [-0.25, -0.2) is 4.79 Å². The normalized spacial score (nSPS) is 15.8. The Morgan fingerprint density at radius 2 is 2.19 bits per heavy atom. The van der Waals surface area contributed by atoms with Crippen LogP contribution in [0.1, 0.15) is 36.2 Å². The van der Waals surface area contributed by atoms with E-state index in [1.807, 2.05) is 25.1 Å². The topological polar surface area (TPSA) is 74.7 Å². The Morgan fingerprint density at radius 3 is 2.85 bits per heavy atom. The standard InChI is InChI=1S/C20H24ClN3O3/c1-3-19(14-4-5-18(21)13(2)8-14)23-15-6-7-22-16(9-15)10-24-11-17(12-24)27-20(25)26/h4-9,17,19H,3,10-12H2,1-2H3,(H,22,23)(H,25,26)/t19-/m1/s1. The molecule has 144 valence electrons. The van der Waals surface area contributed by atoms with Gasteiger partial charge in [-0.2, -0.15) is 0 Å². The fourth-order valence-electron chi connectivity index (χ4n) is 3.26. The smallest absolute Gasteiger partial charge is 0.450 e. The highest BCUT2D eigenvalue weighted by atomic mass is 35.5. The lowest BCUT2D eigenvalue weighted by Gasteiger charge is -2.37. The number of hydrogen-bond acceptors (Lipinski definition) is 5. The van der Waals surface area contributed by atoms with E-state index >= 15 is 0 Å². The van der Waals surface area contributed by atoms with Crippen LogP contribution < -0.4 is 5.32 Å². The van der Waals surface area contributed by atoms with Gasteiger partial charge in [-0.15, -0.1) is 0 Å². The number of carbonyl (C=O) groups is 1. The molecular formula is C20H24ClN3O3. The monoisotopic (exact) mass is 389 g/mol. The predicted molar refractivity (Wildman–Crippen MR) is 105 cm³/mol. The van der Waals surface area contributed by atoms with E-state index in [0.717, 1.165) is 28.4 Å². The number of anilines is 1. The van der Waals surface area contributed by atoms with Gasteiger partial charge < -0.3 is 15.2 Å². The number of carboxylic acid groups (broad SMARTS) is 1. The number of benzene rings is 1. The zero-order valence-electron chi connectivity index (χ0n) is 15.5. The van der Waals surface area contributed by atoms with Crippen molar-refractivity contribution in [1.82, 2.24) is 9.88 Å². The van der Waals surface area contributed by atoms with E-state index in [1.165, 1.54) is 5.56 Å². The molecule has 0 aliphatic carbocycles. The van der Waals surface area contributed by atoms with E-state index in [-0.39, 0.29) is 12.1 Å². The Kier molecular flexibility index (Phi) is 6.19. The third-order valence-corrected chi connectivity index (χ3v) is 5.15. The lowest BCUT2D eigenvalue weighted by molar-refractivity contribution is -0.0367. The van der Waals surface area contributed by atoms with Crippen molar-refractivity contribution in [3.8, 4) is 0 Å². The van der Waals surface area contributed by atoms with Crippen molar-refractivity contribution in [2.24, 2.45) is 0 Å². The fourth-order valence-corrected chi connectivity index (χ4v) is 3.38. The second-order valence-corrected chi connectivity index (χ2v) is 7.26. The van der Waals surface area contributed by atoms with E-state index in [0.29, 0.717) is 19.6 Å². The minimum atomic E-state index is -1.22. The SMILES string of the molecule is CC[C@@H](Nc1ccnc(CN2CC(OC(=O)O)C2)c1)c1ccc(Cl)c(C)c1. The third kappa shape index (κ3) is 5.11. The Morgan fingerprint density at radius 1 is 1.41 bits per heavy atom. The van der Waals surface area contributed by atoms with Crippen LogP contribution in [0.25, 0.3) is 0 Å². The molecule has 0 spiro atoms. The van der Waals surface area contributed by atoms with Gasteiger partial charge in [-0.05, 0) is 42.7 Å². The Bertz CT molecular complexity index is 809. The summed E-state index contributed by atoms with van der Waals surface area (Å²) in [7, 11) is 0. The first-order valence-electron chi connectivity index (χ1n) is 9.04. The average Bonchev–Trinajstić information content (AvgIpc) is 2.60. The van der Waals surface area contributed by atoms with Crippen LogP contribution in [0.4, 0.5) is 10.5 Å². The van der Waals surface area contributed by atoms with Gasteiger partial charge in [0.25, 0.3) is 0 Å². The third-order valence-electron chi connectivity index (χ3n) is 4.73. The summed E-state index contributed by atoms with van der Waals surface area (Å²) >= 11 is 6.14. The predicted octanol–water partition coefficient (Wildman–Crippen LogP) is 4.49. The van der Waals surface area contributed by atoms with Crippen LogP contribution in [-0.2, 0) is 11.3 Å². The van der Waals surface area contributed by atoms with Crippen LogP contribution >= 0.6 is 11.6 Å². The van der Waals surface area contributed by atoms with E-state index in [4.69, 9.17) is 21.4 Å². The van der Waals surface area contributed by atoms with Crippen molar-refractivity contribution >= 4 is 23.4 Å². The summed E-state index contributed by atoms with van der Waals surface area (Å²) in [6.45, 7) is 6.04. The molecule has 0 unspecified atom stereocenters. The van der Waals surface area contributed by atoms with E-state index < -0.39 is 6.16 Å². The van der Waals surface area contributed by atoms with Gasteiger partial charge in [-0.3, -0.25) is 9.88 Å². The van der Waals surface area contributed by atoms with Crippen molar-refractivity contribution < 1.29 is 14.6 Å². The number of rotatable bonds is 7. The molecule has 1 atom stereocenters. The Labute approximate surface area is 164 Å². The number of hydrogen-bond donors (Lipinski definition) is 2. The summed E-state index contributed by atoms with van der Waals surface area (Å²) in [4.78, 5) is 17.1. The van der Waals surface area contributed by atoms with Crippen molar-refractivity contribution in [2.45, 2.75) is 39.0 Å². The van der Waals surface area contributed by atoms with Crippen LogP contribution in [0, 0.1) is 6.92 Å². The second-order valence-electron chi connectivity index (χ2n) is 6.85. The maximum absolute atomic E-state index is 10.5. The molecule has 1 aromatic carbocycles. The highest BCUT2D eigenvalue weighted by molar-refractivity contribution is 6.31. The molecule has 1 aromatic heterocycles. The van der Waals surface area contributed by atoms with Crippen LogP contribution in [0.3, 0.4) is 0 Å². The molecule has 0 radical (unpaired) electrons. The molecule has 2 N–H and O–H groups in total. The van der Waals surface area contributed by atoms with E-state index in [9.17, 15) is 4.79 Å². The van der Waals surface area contributed by atoms with Gasteiger partial charge in [0, 0.05) is 36.5 Å². The van der Waals surface area contributed by atoms with Gasteiger partial charge in [0.05, 0.1) is 11.7 Å². The van der Waals surface area contributed by atoms with Crippen LogP contribution in [0.5, 0.6) is 0 Å². The first-order valence-corrected chi connectivity index (χ1v) is 9.42. The Hall–Kier alpha value is -2.31. The van der Waals surface area contributed by atoms with Crippen molar-refractivity contribution in [3.05, 3.63) is 58.4 Å². The number of aromatic nitrogens is 1. The number of likely N-dealkylation sites (tertiary alicyclic amines) is 1. The van der Waals surface area contributed by atoms with Crippen LogP contribution in [-0.4, -0.2) is 40.3 Å². The molecule has 2 aromatic rings. The largest absolute Gasteiger partial charge is 0.506 e. The highest BCUT2D eigenvalue weighted by Crippen LogP contribution is 2.26. The van der Waals surface area contributed by atoms with Gasteiger partial charge in [0.15, 0.2) is 0 Å². The molecule has 1 aliphatic heterocycles. The fraction of sp³-hybridized carbons (Fsp3) is 0.400.